The van der Waals surface area contributed by atoms with E-state index in [0.717, 1.165) is 0 Å². The summed E-state index contributed by atoms with van der Waals surface area (Å²) in [5.74, 6) is -10.4. The van der Waals surface area contributed by atoms with E-state index in [1.54, 1.807) is 6.08 Å². The van der Waals surface area contributed by atoms with E-state index in [9.17, 15) is 32.2 Å². The van der Waals surface area contributed by atoms with Gasteiger partial charge < -0.3 is 14.9 Å². The van der Waals surface area contributed by atoms with E-state index in [1.165, 1.54) is 6.08 Å². The van der Waals surface area contributed by atoms with E-state index >= 15 is 0 Å². The number of fused-ring (bicyclic) bond motifs is 3. The lowest BCUT2D eigenvalue weighted by molar-refractivity contribution is -0.415. The predicted molar refractivity (Wildman–Crippen MR) is 51.1 cm³/mol. The number of hydrogen-bond acceptors (Lipinski definition) is 3. The van der Waals surface area contributed by atoms with Gasteiger partial charge in [-0.05, 0) is 18.8 Å². The number of aliphatic hydroxyl groups excluding tert-OH is 1. The zero-order valence-corrected chi connectivity index (χ0v) is 9.49. The van der Waals surface area contributed by atoms with Crippen molar-refractivity contribution in [3.63, 3.8) is 0 Å². The molecule has 1 saturated heterocycles. The number of alkyl halides is 5. The molecule has 2 N–H and O–H groups in total. The first kappa shape index (κ1) is 13.3. The highest BCUT2D eigenvalue weighted by Gasteiger charge is 2.84. The van der Waals surface area contributed by atoms with Crippen LogP contribution in [0.2, 0.25) is 0 Å². The molecule has 0 aromatic rings. The molecule has 2 aliphatic carbocycles. The van der Waals surface area contributed by atoms with Crippen LogP contribution in [0.4, 0.5) is 22.0 Å². The topological polar surface area (TPSA) is 49.7 Å². The van der Waals surface area contributed by atoms with Crippen LogP contribution in [-0.2, 0) is 4.74 Å². The molecule has 0 radical (unpaired) electrons. The van der Waals surface area contributed by atoms with Gasteiger partial charge in [-0.15, -0.1) is 0 Å². The van der Waals surface area contributed by atoms with E-state index in [0.29, 0.717) is 6.42 Å². The average Bonchev–Trinajstić information content (AvgIpc) is 2.89. The molecule has 0 aromatic carbocycles. The van der Waals surface area contributed by atoms with Gasteiger partial charge in [-0.3, -0.25) is 0 Å². The Morgan fingerprint density at radius 1 is 1.21 bits per heavy atom. The van der Waals surface area contributed by atoms with Gasteiger partial charge in [0.15, 0.2) is 6.10 Å². The average molecular weight is 286 g/mol. The second-order valence-electron chi connectivity index (χ2n) is 5.42. The van der Waals surface area contributed by atoms with E-state index in [1.807, 2.05) is 0 Å². The maximum absolute atomic E-state index is 13.7. The smallest absolute Gasteiger partial charge is 0.384 e. The molecule has 1 aliphatic heterocycles. The SMILES string of the molecule is OC1C2(CC3C=CC2C3)OC(O)(C(F)(F)F)C1(F)F. The van der Waals surface area contributed by atoms with Crippen molar-refractivity contribution in [3.05, 3.63) is 12.2 Å². The van der Waals surface area contributed by atoms with Gasteiger partial charge in [0.05, 0.1) is 0 Å². The Labute approximate surface area is 104 Å². The number of allylic oxidation sites excluding steroid dienone is 1. The van der Waals surface area contributed by atoms with Crippen LogP contribution in [0.5, 0.6) is 0 Å². The van der Waals surface area contributed by atoms with Crippen molar-refractivity contribution in [2.24, 2.45) is 11.8 Å². The molecule has 1 heterocycles. The molecule has 5 atom stereocenters. The van der Waals surface area contributed by atoms with Crippen LogP contribution in [-0.4, -0.2) is 39.8 Å². The lowest BCUT2D eigenvalue weighted by Gasteiger charge is -2.34. The minimum Gasteiger partial charge on any atom is -0.384 e. The minimum atomic E-state index is -5.69. The summed E-state index contributed by atoms with van der Waals surface area (Å²) in [4.78, 5) is 0. The summed E-state index contributed by atoms with van der Waals surface area (Å²) in [7, 11) is 0. The Morgan fingerprint density at radius 2 is 1.84 bits per heavy atom. The van der Waals surface area contributed by atoms with E-state index in [4.69, 9.17) is 0 Å². The summed E-state index contributed by atoms with van der Waals surface area (Å²) in [6.45, 7) is 0. The Kier molecular flexibility index (Phi) is 2.30. The van der Waals surface area contributed by atoms with Gasteiger partial charge in [0.25, 0.3) is 0 Å². The van der Waals surface area contributed by atoms with Gasteiger partial charge in [0.2, 0.25) is 0 Å². The highest BCUT2D eigenvalue weighted by Crippen LogP contribution is 2.63. The van der Waals surface area contributed by atoms with Gasteiger partial charge in [-0.2, -0.15) is 22.0 Å². The summed E-state index contributed by atoms with van der Waals surface area (Å²) < 4.78 is 70.0. The molecule has 5 unspecified atom stereocenters. The number of rotatable bonds is 0. The summed E-state index contributed by atoms with van der Waals surface area (Å²) in [6.07, 6.45) is -5.01. The van der Waals surface area contributed by atoms with E-state index in [-0.39, 0.29) is 12.3 Å². The largest absolute Gasteiger partial charge is 0.449 e. The highest BCUT2D eigenvalue weighted by molar-refractivity contribution is 5.25. The molecular weight excluding hydrogens is 275 g/mol. The Morgan fingerprint density at radius 3 is 2.21 bits per heavy atom. The first-order valence-corrected chi connectivity index (χ1v) is 5.78. The number of hydrogen-bond donors (Lipinski definition) is 2. The van der Waals surface area contributed by atoms with Gasteiger partial charge >= 0.3 is 17.9 Å². The van der Waals surface area contributed by atoms with Crippen LogP contribution in [0.1, 0.15) is 12.8 Å². The van der Waals surface area contributed by atoms with E-state index < -0.39 is 35.5 Å². The van der Waals surface area contributed by atoms with Crippen molar-refractivity contribution in [1.29, 1.82) is 0 Å². The fourth-order valence-corrected chi connectivity index (χ4v) is 3.42. The Bertz CT molecular complexity index is 448. The molecule has 108 valence electrons. The van der Waals surface area contributed by atoms with Crippen LogP contribution >= 0.6 is 0 Å². The van der Waals surface area contributed by atoms with Crippen molar-refractivity contribution in [2.45, 2.75) is 42.4 Å². The summed E-state index contributed by atoms with van der Waals surface area (Å²) in [6, 6.07) is 0. The summed E-state index contributed by atoms with van der Waals surface area (Å²) in [5, 5.41) is 19.0. The normalized spacial score (nSPS) is 51.4. The zero-order valence-electron chi connectivity index (χ0n) is 9.49. The third-order valence-corrected chi connectivity index (χ3v) is 4.36. The fourth-order valence-electron chi connectivity index (χ4n) is 3.42. The standard InChI is InChI=1S/C11H11F5O3/c12-9(13)7(17)8(4-5-1-2-6(8)3-5)19-10(9,18)11(14,15)16/h1-2,5-7,17-18H,3-4H2. The molecule has 1 saturated carbocycles. The van der Waals surface area contributed by atoms with Crippen LogP contribution in [0.25, 0.3) is 0 Å². The zero-order chi connectivity index (χ0) is 14.3. The molecule has 2 bridgehead atoms. The van der Waals surface area contributed by atoms with Gasteiger partial charge in [0.1, 0.15) is 5.60 Å². The fraction of sp³-hybridized carbons (Fsp3) is 0.818. The number of aliphatic hydroxyl groups is 2. The van der Waals surface area contributed by atoms with Crippen LogP contribution in [0.3, 0.4) is 0 Å². The van der Waals surface area contributed by atoms with Crippen molar-refractivity contribution in [3.8, 4) is 0 Å². The van der Waals surface area contributed by atoms with Crippen LogP contribution in [0.15, 0.2) is 12.2 Å². The van der Waals surface area contributed by atoms with E-state index in [2.05, 4.69) is 4.74 Å². The molecule has 3 nitrogen and oxygen atoms in total. The lowest BCUT2D eigenvalue weighted by Crippen LogP contribution is -2.59. The van der Waals surface area contributed by atoms with Crippen molar-refractivity contribution in [2.75, 3.05) is 0 Å². The monoisotopic (exact) mass is 286 g/mol. The lowest BCUT2D eigenvalue weighted by atomic mass is 9.82. The molecule has 1 spiro atoms. The molecule has 0 aromatic heterocycles. The van der Waals surface area contributed by atoms with Crippen LogP contribution in [0, 0.1) is 11.8 Å². The summed E-state index contributed by atoms with van der Waals surface area (Å²) >= 11 is 0. The molecular formula is C11H11F5O3. The van der Waals surface area contributed by atoms with Crippen LogP contribution < -0.4 is 0 Å². The number of halogens is 5. The molecule has 0 amide bonds. The maximum atomic E-state index is 13.7. The molecule has 19 heavy (non-hydrogen) atoms. The minimum absolute atomic E-state index is 0.149. The highest BCUT2D eigenvalue weighted by atomic mass is 19.4. The van der Waals surface area contributed by atoms with Gasteiger partial charge in [0, 0.05) is 5.92 Å². The second-order valence-corrected chi connectivity index (χ2v) is 5.42. The molecule has 3 aliphatic rings. The Hall–Kier alpha value is -0.730. The van der Waals surface area contributed by atoms with Gasteiger partial charge in [-0.25, -0.2) is 0 Å². The Balaban J connectivity index is 2.07. The number of ether oxygens (including phenoxy) is 1. The quantitative estimate of drug-likeness (QED) is 0.525. The molecule has 2 fully saturated rings. The predicted octanol–water partition coefficient (Wildman–Crippen LogP) is 1.60. The molecule has 3 rings (SSSR count). The first-order valence-electron chi connectivity index (χ1n) is 5.78. The van der Waals surface area contributed by atoms with Crippen molar-refractivity contribution in [1.82, 2.24) is 0 Å². The maximum Gasteiger partial charge on any atom is 0.449 e. The first-order chi connectivity index (χ1) is 8.55. The third-order valence-electron chi connectivity index (χ3n) is 4.36. The summed E-state index contributed by atoms with van der Waals surface area (Å²) in [5.41, 5.74) is -2.06. The third kappa shape index (κ3) is 1.32. The van der Waals surface area contributed by atoms with Gasteiger partial charge in [-0.1, -0.05) is 12.2 Å². The second kappa shape index (κ2) is 3.29. The van der Waals surface area contributed by atoms with Crippen molar-refractivity contribution < 1.29 is 36.9 Å². The molecule has 8 heteroatoms. The van der Waals surface area contributed by atoms with Crippen molar-refractivity contribution >= 4 is 0 Å².